The Hall–Kier alpha value is -1.73. The van der Waals surface area contributed by atoms with Crippen molar-refractivity contribution < 1.29 is 14.7 Å². The summed E-state index contributed by atoms with van der Waals surface area (Å²) in [4.78, 5) is 29.7. The number of piperidine rings is 1. The highest BCUT2D eigenvalue weighted by Gasteiger charge is 2.28. The quantitative estimate of drug-likeness (QED) is 0.840. The number of carboxylic acids is 1. The molecule has 24 heavy (non-hydrogen) atoms. The third-order valence-corrected chi connectivity index (χ3v) is 5.51. The van der Waals surface area contributed by atoms with E-state index in [1.165, 1.54) is 11.3 Å². The lowest BCUT2D eigenvalue weighted by Gasteiger charge is -2.30. The number of carboxylic acid groups (broad SMARTS) is 1. The Balaban J connectivity index is 1.66. The minimum absolute atomic E-state index is 0.0490. The molecule has 0 spiro atoms. The second-order valence-electron chi connectivity index (χ2n) is 5.85. The number of rotatable bonds is 4. The van der Waals surface area contributed by atoms with Gasteiger partial charge in [0.05, 0.1) is 18.0 Å². The lowest BCUT2D eigenvalue weighted by molar-refractivity contribution is -0.145. The Morgan fingerprint density at radius 3 is 3.00 bits per heavy atom. The van der Waals surface area contributed by atoms with E-state index in [2.05, 4.69) is 20.9 Å². The van der Waals surface area contributed by atoms with E-state index in [9.17, 15) is 9.59 Å². The molecule has 1 aliphatic rings. The first-order chi connectivity index (χ1) is 11.5. The number of thiazole rings is 1. The normalized spacial score (nSPS) is 17.7. The Labute approximate surface area is 152 Å². The van der Waals surface area contributed by atoms with Crippen molar-refractivity contribution in [3.05, 3.63) is 39.8 Å². The van der Waals surface area contributed by atoms with Crippen LogP contribution in [-0.4, -0.2) is 40.0 Å². The van der Waals surface area contributed by atoms with Crippen LogP contribution in [0.15, 0.2) is 34.1 Å². The number of halogens is 1. The van der Waals surface area contributed by atoms with Crippen LogP contribution in [0.5, 0.6) is 0 Å². The first-order valence-corrected chi connectivity index (χ1v) is 9.41. The molecule has 0 bridgehead atoms. The van der Waals surface area contributed by atoms with E-state index in [0.717, 1.165) is 27.2 Å². The highest BCUT2D eigenvalue weighted by molar-refractivity contribution is 9.10. The maximum absolute atomic E-state index is 12.4. The summed E-state index contributed by atoms with van der Waals surface area (Å²) < 4.78 is 0.987. The van der Waals surface area contributed by atoms with E-state index >= 15 is 0 Å². The Morgan fingerprint density at radius 1 is 1.42 bits per heavy atom. The van der Waals surface area contributed by atoms with E-state index < -0.39 is 11.9 Å². The summed E-state index contributed by atoms with van der Waals surface area (Å²) in [7, 11) is 0. The Kier molecular flexibility index (Phi) is 5.30. The summed E-state index contributed by atoms with van der Waals surface area (Å²) in [5, 5.41) is 11.9. The lowest BCUT2D eigenvalue weighted by atomic mass is 9.98. The molecule has 3 rings (SSSR count). The van der Waals surface area contributed by atoms with Crippen LogP contribution >= 0.6 is 27.3 Å². The number of benzene rings is 1. The van der Waals surface area contributed by atoms with Gasteiger partial charge in [-0.3, -0.25) is 9.59 Å². The lowest BCUT2D eigenvalue weighted by Crippen LogP contribution is -2.43. The molecule has 0 radical (unpaired) electrons. The van der Waals surface area contributed by atoms with Crippen LogP contribution < -0.4 is 0 Å². The Bertz CT molecular complexity index is 762. The molecule has 1 saturated heterocycles. The standard InChI is InChI=1S/C17H17BrN2O3S/c18-13-5-1-3-11(7-13)16-19-14(10-24-16)8-15(21)20-6-2-4-12(9-20)17(22)23/h1,3,5,7,10,12H,2,4,6,8-9H2,(H,22,23). The minimum atomic E-state index is -0.821. The number of carbonyl (C=O) groups is 2. The van der Waals surface area contributed by atoms with Crippen molar-refractivity contribution in [3.63, 3.8) is 0 Å². The zero-order valence-corrected chi connectivity index (χ0v) is 15.3. The van der Waals surface area contributed by atoms with Gasteiger partial charge in [-0.2, -0.15) is 0 Å². The summed E-state index contributed by atoms with van der Waals surface area (Å²) in [6.45, 7) is 0.933. The third-order valence-electron chi connectivity index (χ3n) is 4.08. The second-order valence-corrected chi connectivity index (χ2v) is 7.62. The third kappa shape index (κ3) is 4.02. The predicted molar refractivity (Wildman–Crippen MR) is 95.9 cm³/mol. The average molecular weight is 409 g/mol. The van der Waals surface area contributed by atoms with Crippen molar-refractivity contribution >= 4 is 39.1 Å². The second kappa shape index (κ2) is 7.44. The van der Waals surface area contributed by atoms with Gasteiger partial charge in [-0.05, 0) is 25.0 Å². The molecule has 0 aliphatic carbocycles. The predicted octanol–water partition coefficient (Wildman–Crippen LogP) is 3.44. The number of carbonyl (C=O) groups excluding carboxylic acids is 1. The van der Waals surface area contributed by atoms with Crippen molar-refractivity contribution in [2.75, 3.05) is 13.1 Å². The van der Waals surface area contributed by atoms with Gasteiger partial charge >= 0.3 is 5.97 Å². The van der Waals surface area contributed by atoms with Crippen LogP contribution in [0.3, 0.4) is 0 Å². The van der Waals surface area contributed by atoms with Gasteiger partial charge in [0.15, 0.2) is 0 Å². The van der Waals surface area contributed by atoms with Crippen LogP contribution in [0.2, 0.25) is 0 Å². The molecule has 1 atom stereocenters. The SMILES string of the molecule is O=C(O)C1CCCN(C(=O)Cc2csc(-c3cccc(Br)c3)n2)C1. The van der Waals surface area contributed by atoms with E-state index in [1.807, 2.05) is 29.6 Å². The number of likely N-dealkylation sites (tertiary alicyclic amines) is 1. The molecule has 1 aliphatic heterocycles. The fourth-order valence-electron chi connectivity index (χ4n) is 2.81. The van der Waals surface area contributed by atoms with Crippen molar-refractivity contribution in [3.8, 4) is 10.6 Å². The van der Waals surface area contributed by atoms with E-state index in [-0.39, 0.29) is 12.3 Å². The summed E-state index contributed by atoms with van der Waals surface area (Å²) in [6.07, 6.45) is 1.60. The maximum atomic E-state index is 12.4. The monoisotopic (exact) mass is 408 g/mol. The average Bonchev–Trinajstić information content (AvgIpc) is 3.03. The fourth-order valence-corrected chi connectivity index (χ4v) is 4.03. The molecule has 1 aromatic heterocycles. The maximum Gasteiger partial charge on any atom is 0.308 e. The van der Waals surface area contributed by atoms with Crippen molar-refractivity contribution in [1.29, 1.82) is 0 Å². The molecule has 1 N–H and O–H groups in total. The number of aliphatic carboxylic acids is 1. The molecule has 5 nitrogen and oxygen atoms in total. The fraction of sp³-hybridized carbons (Fsp3) is 0.353. The zero-order valence-electron chi connectivity index (χ0n) is 12.9. The van der Waals surface area contributed by atoms with Gasteiger partial charge in [0, 0.05) is 28.5 Å². The molecule has 2 aromatic rings. The summed E-state index contributed by atoms with van der Waals surface area (Å²) >= 11 is 4.95. The van der Waals surface area contributed by atoms with Gasteiger partial charge in [0.2, 0.25) is 5.91 Å². The van der Waals surface area contributed by atoms with Crippen molar-refractivity contribution in [2.24, 2.45) is 5.92 Å². The molecule has 2 heterocycles. The number of hydrogen-bond donors (Lipinski definition) is 1. The van der Waals surface area contributed by atoms with E-state index in [0.29, 0.717) is 19.5 Å². The van der Waals surface area contributed by atoms with Gasteiger partial charge in [-0.25, -0.2) is 4.98 Å². The molecule has 1 aromatic carbocycles. The molecule has 1 unspecified atom stereocenters. The number of amides is 1. The molecular formula is C17H17BrN2O3S. The molecule has 7 heteroatoms. The van der Waals surface area contributed by atoms with Gasteiger partial charge < -0.3 is 10.0 Å². The number of aromatic nitrogens is 1. The number of hydrogen-bond acceptors (Lipinski definition) is 4. The highest BCUT2D eigenvalue weighted by atomic mass is 79.9. The topological polar surface area (TPSA) is 70.5 Å². The van der Waals surface area contributed by atoms with Crippen molar-refractivity contribution in [1.82, 2.24) is 9.88 Å². The summed E-state index contributed by atoms with van der Waals surface area (Å²) in [6, 6.07) is 7.88. The van der Waals surface area contributed by atoms with Crippen LogP contribution in [0.4, 0.5) is 0 Å². The minimum Gasteiger partial charge on any atom is -0.481 e. The Morgan fingerprint density at radius 2 is 2.25 bits per heavy atom. The smallest absolute Gasteiger partial charge is 0.308 e. The van der Waals surface area contributed by atoms with Gasteiger partial charge in [-0.1, -0.05) is 28.1 Å². The largest absolute Gasteiger partial charge is 0.481 e. The van der Waals surface area contributed by atoms with Crippen molar-refractivity contribution in [2.45, 2.75) is 19.3 Å². The molecule has 1 amide bonds. The van der Waals surface area contributed by atoms with E-state index in [4.69, 9.17) is 5.11 Å². The summed E-state index contributed by atoms with van der Waals surface area (Å²) in [5.74, 6) is -1.32. The molecule has 126 valence electrons. The first kappa shape index (κ1) is 17.1. The van der Waals surface area contributed by atoms with Crippen LogP contribution in [-0.2, 0) is 16.0 Å². The van der Waals surface area contributed by atoms with Gasteiger partial charge in [0.1, 0.15) is 5.01 Å². The molecule has 0 saturated carbocycles. The van der Waals surface area contributed by atoms with E-state index in [1.54, 1.807) is 4.90 Å². The zero-order chi connectivity index (χ0) is 17.1. The van der Waals surface area contributed by atoms with Crippen LogP contribution in [0.25, 0.3) is 10.6 Å². The van der Waals surface area contributed by atoms with Gasteiger partial charge in [0.25, 0.3) is 0 Å². The molecular weight excluding hydrogens is 392 g/mol. The molecule has 1 fully saturated rings. The first-order valence-electron chi connectivity index (χ1n) is 7.74. The number of nitrogens with zero attached hydrogens (tertiary/aromatic N) is 2. The summed E-state index contributed by atoms with van der Waals surface area (Å²) in [5.41, 5.74) is 1.74. The van der Waals surface area contributed by atoms with Crippen LogP contribution in [0.1, 0.15) is 18.5 Å². The van der Waals surface area contributed by atoms with Gasteiger partial charge in [-0.15, -0.1) is 11.3 Å². The van der Waals surface area contributed by atoms with Crippen LogP contribution in [0, 0.1) is 5.92 Å². The highest BCUT2D eigenvalue weighted by Crippen LogP contribution is 2.26.